The van der Waals surface area contributed by atoms with E-state index in [0.29, 0.717) is 6.61 Å². The standard InChI is InChI=1S/C28H27N3OS/c1-29-27(33)28(24-17-23-10-4-5-11-25(23)30-18-24)15-7-6-12-26(28)31-32-19-20-13-14-21-8-2-3-9-22(21)16-20/h2-5,8-14,16-18,31H,6-7,15,19H2,1H3,(H,29,33). The van der Waals surface area contributed by atoms with Gasteiger partial charge in [-0.25, -0.2) is 0 Å². The summed E-state index contributed by atoms with van der Waals surface area (Å²) in [4.78, 5) is 11.5. The minimum Gasteiger partial charge on any atom is -0.382 e. The first-order chi connectivity index (χ1) is 16.2. The van der Waals surface area contributed by atoms with E-state index in [4.69, 9.17) is 22.0 Å². The van der Waals surface area contributed by atoms with Crippen molar-refractivity contribution in [3.63, 3.8) is 0 Å². The highest BCUT2D eigenvalue weighted by atomic mass is 32.1. The largest absolute Gasteiger partial charge is 0.382 e. The summed E-state index contributed by atoms with van der Waals surface area (Å²) in [7, 11) is 1.89. The molecule has 0 saturated heterocycles. The fourth-order valence-corrected chi connectivity index (χ4v) is 5.09. The monoisotopic (exact) mass is 453 g/mol. The van der Waals surface area contributed by atoms with Crippen molar-refractivity contribution in [2.45, 2.75) is 31.3 Å². The average molecular weight is 454 g/mol. The number of benzene rings is 3. The average Bonchev–Trinajstić information content (AvgIpc) is 2.88. The Morgan fingerprint density at radius 3 is 2.64 bits per heavy atom. The Balaban J connectivity index is 1.43. The molecule has 1 aliphatic rings. The lowest BCUT2D eigenvalue weighted by Gasteiger charge is -2.39. The van der Waals surface area contributed by atoms with E-state index in [1.807, 2.05) is 31.4 Å². The molecule has 166 valence electrons. The van der Waals surface area contributed by atoms with Crippen LogP contribution in [0.5, 0.6) is 0 Å². The Bertz CT molecular complexity index is 1350. The molecule has 0 aliphatic heterocycles. The van der Waals surface area contributed by atoms with E-state index >= 15 is 0 Å². The zero-order chi connectivity index (χ0) is 22.7. The molecule has 4 aromatic rings. The predicted octanol–water partition coefficient (Wildman–Crippen LogP) is 5.96. The summed E-state index contributed by atoms with van der Waals surface area (Å²) >= 11 is 5.89. The molecule has 5 heteroatoms. The maximum absolute atomic E-state index is 6.04. The molecule has 5 rings (SSSR count). The molecular formula is C28H27N3OS. The molecule has 1 unspecified atom stereocenters. The van der Waals surface area contributed by atoms with Crippen LogP contribution < -0.4 is 10.8 Å². The lowest BCUT2D eigenvalue weighted by atomic mass is 9.71. The molecule has 1 heterocycles. The van der Waals surface area contributed by atoms with Crippen molar-refractivity contribution in [3.05, 3.63) is 102 Å². The van der Waals surface area contributed by atoms with Gasteiger partial charge in [-0.05, 0) is 59.4 Å². The maximum Gasteiger partial charge on any atom is 0.0996 e. The van der Waals surface area contributed by atoms with Crippen LogP contribution >= 0.6 is 12.2 Å². The molecule has 4 nitrogen and oxygen atoms in total. The van der Waals surface area contributed by atoms with Gasteiger partial charge in [-0.1, -0.05) is 72.9 Å². The lowest BCUT2D eigenvalue weighted by Crippen LogP contribution is -2.48. The van der Waals surface area contributed by atoms with Gasteiger partial charge in [0.05, 0.1) is 28.2 Å². The second-order valence-corrected chi connectivity index (χ2v) is 8.89. The number of para-hydroxylation sites is 1. The molecule has 2 N–H and O–H groups in total. The number of hydrogen-bond donors (Lipinski definition) is 2. The smallest absolute Gasteiger partial charge is 0.0996 e. The Morgan fingerprint density at radius 1 is 1.00 bits per heavy atom. The predicted molar refractivity (Wildman–Crippen MR) is 139 cm³/mol. The lowest BCUT2D eigenvalue weighted by molar-refractivity contribution is 0.0410. The maximum atomic E-state index is 6.04. The van der Waals surface area contributed by atoms with Gasteiger partial charge in [0.15, 0.2) is 0 Å². The number of nitrogens with zero attached hydrogens (tertiary/aromatic N) is 1. The van der Waals surface area contributed by atoms with Crippen LogP contribution in [0.4, 0.5) is 0 Å². The van der Waals surface area contributed by atoms with Crippen LogP contribution in [0.25, 0.3) is 21.7 Å². The van der Waals surface area contributed by atoms with E-state index in [2.05, 4.69) is 71.5 Å². The number of aromatic nitrogens is 1. The zero-order valence-electron chi connectivity index (χ0n) is 18.7. The highest BCUT2D eigenvalue weighted by Crippen LogP contribution is 2.41. The molecule has 3 aromatic carbocycles. The van der Waals surface area contributed by atoms with Gasteiger partial charge in [-0.2, -0.15) is 0 Å². The molecule has 0 amide bonds. The number of pyridine rings is 1. The van der Waals surface area contributed by atoms with Gasteiger partial charge in [0.25, 0.3) is 0 Å². The third-order valence-electron chi connectivity index (χ3n) is 6.50. The number of allylic oxidation sites excluding steroid dienone is 1. The molecule has 0 saturated carbocycles. The van der Waals surface area contributed by atoms with E-state index in [9.17, 15) is 0 Å². The van der Waals surface area contributed by atoms with Crippen molar-refractivity contribution in [2.75, 3.05) is 7.05 Å². The Hall–Kier alpha value is -3.28. The summed E-state index contributed by atoms with van der Waals surface area (Å²) in [5.41, 5.74) is 6.93. The first-order valence-corrected chi connectivity index (χ1v) is 11.7. The van der Waals surface area contributed by atoms with Gasteiger partial charge < -0.3 is 5.32 Å². The van der Waals surface area contributed by atoms with Crippen molar-refractivity contribution in [2.24, 2.45) is 0 Å². The molecule has 0 radical (unpaired) electrons. The van der Waals surface area contributed by atoms with Crippen molar-refractivity contribution in [1.82, 2.24) is 15.8 Å². The van der Waals surface area contributed by atoms with Crippen LogP contribution in [0.2, 0.25) is 0 Å². The van der Waals surface area contributed by atoms with E-state index in [1.54, 1.807) is 0 Å². The Kier molecular flexibility index (Phi) is 6.07. The number of thiocarbonyl (C=S) groups is 1. The van der Waals surface area contributed by atoms with Gasteiger partial charge in [0.1, 0.15) is 0 Å². The molecular weight excluding hydrogens is 426 g/mol. The second kappa shape index (κ2) is 9.30. The van der Waals surface area contributed by atoms with Gasteiger partial charge in [0, 0.05) is 18.6 Å². The number of hydroxylamine groups is 1. The fraction of sp³-hybridized carbons (Fsp3) is 0.214. The number of hydrogen-bond acceptors (Lipinski definition) is 4. The second-order valence-electron chi connectivity index (χ2n) is 8.48. The third kappa shape index (κ3) is 4.10. The molecule has 33 heavy (non-hydrogen) atoms. The number of rotatable bonds is 6. The highest BCUT2D eigenvalue weighted by molar-refractivity contribution is 7.80. The summed E-state index contributed by atoms with van der Waals surface area (Å²) < 4.78 is 0. The van der Waals surface area contributed by atoms with Crippen LogP contribution in [0.1, 0.15) is 30.4 Å². The van der Waals surface area contributed by atoms with Crippen LogP contribution in [0, 0.1) is 0 Å². The normalized spacial score (nSPS) is 18.2. The summed E-state index contributed by atoms with van der Waals surface area (Å²) in [5, 5.41) is 6.79. The van der Waals surface area contributed by atoms with Crippen molar-refractivity contribution >= 4 is 38.9 Å². The van der Waals surface area contributed by atoms with Gasteiger partial charge in [-0.15, -0.1) is 0 Å². The zero-order valence-corrected chi connectivity index (χ0v) is 19.5. The third-order valence-corrected chi connectivity index (χ3v) is 7.05. The van der Waals surface area contributed by atoms with Crippen molar-refractivity contribution < 1.29 is 4.84 Å². The van der Waals surface area contributed by atoms with E-state index in [0.717, 1.165) is 52.0 Å². The van der Waals surface area contributed by atoms with Crippen molar-refractivity contribution in [3.8, 4) is 0 Å². The van der Waals surface area contributed by atoms with E-state index in [-0.39, 0.29) is 0 Å². The first kappa shape index (κ1) is 21.6. The minimum absolute atomic E-state index is 0.459. The number of fused-ring (bicyclic) bond motifs is 2. The van der Waals surface area contributed by atoms with Crippen LogP contribution in [-0.2, 0) is 16.9 Å². The quantitative estimate of drug-likeness (QED) is 0.279. The summed E-state index contributed by atoms with van der Waals surface area (Å²) in [6, 6.07) is 25.2. The molecule has 1 aliphatic carbocycles. The molecule has 0 bridgehead atoms. The van der Waals surface area contributed by atoms with E-state index < -0.39 is 5.41 Å². The number of nitrogens with one attached hydrogen (secondary N) is 2. The van der Waals surface area contributed by atoms with Gasteiger partial charge in [-0.3, -0.25) is 15.3 Å². The SMILES string of the molecule is CNC(=S)C1(c2cnc3ccccc3c2)CCCC=C1NOCc1ccc2ccccc2c1. The molecule has 0 spiro atoms. The topological polar surface area (TPSA) is 46.2 Å². The number of likely N-dealkylation sites (N-methyl/N-ethyl adjacent to an activating group) is 1. The van der Waals surface area contributed by atoms with E-state index in [1.165, 1.54) is 10.8 Å². The first-order valence-electron chi connectivity index (χ1n) is 11.3. The molecule has 1 atom stereocenters. The van der Waals surface area contributed by atoms with Crippen LogP contribution in [-0.4, -0.2) is 17.0 Å². The summed E-state index contributed by atoms with van der Waals surface area (Å²) in [6.45, 7) is 0.459. The fourth-order valence-electron chi connectivity index (χ4n) is 4.76. The molecule has 1 aromatic heterocycles. The summed E-state index contributed by atoms with van der Waals surface area (Å²) in [5.74, 6) is 0. The Morgan fingerprint density at radius 2 is 1.79 bits per heavy atom. The Labute approximate surface area is 199 Å². The summed E-state index contributed by atoms with van der Waals surface area (Å²) in [6.07, 6.45) is 7.09. The highest BCUT2D eigenvalue weighted by Gasteiger charge is 2.42. The van der Waals surface area contributed by atoms with Crippen molar-refractivity contribution in [1.29, 1.82) is 0 Å². The van der Waals surface area contributed by atoms with Gasteiger partial charge >= 0.3 is 0 Å². The molecule has 0 fully saturated rings. The van der Waals surface area contributed by atoms with Crippen LogP contribution in [0.15, 0.2) is 90.8 Å². The van der Waals surface area contributed by atoms with Crippen LogP contribution in [0.3, 0.4) is 0 Å². The minimum atomic E-state index is -0.497. The van der Waals surface area contributed by atoms with Gasteiger partial charge in [0.2, 0.25) is 0 Å².